The molecule has 0 radical (unpaired) electrons. The number of nitrogens with one attached hydrogen (secondary N) is 1. The lowest BCUT2D eigenvalue weighted by molar-refractivity contribution is -0.118. The molecule has 2 aromatic carbocycles. The van der Waals surface area contributed by atoms with Crippen LogP contribution < -0.4 is 10.1 Å². The SMILES string of the molecule is CC(C)c1cccc(C(C)C)c1NC(=O)COc1ccc(Br)cc1F. The molecule has 0 aliphatic rings. The summed E-state index contributed by atoms with van der Waals surface area (Å²) < 4.78 is 19.7. The number of carbonyl (C=O) groups excluding carboxylic acids is 1. The lowest BCUT2D eigenvalue weighted by Gasteiger charge is -2.20. The van der Waals surface area contributed by atoms with Crippen LogP contribution in [0.1, 0.15) is 50.7 Å². The van der Waals surface area contributed by atoms with E-state index in [0.717, 1.165) is 16.8 Å². The van der Waals surface area contributed by atoms with E-state index in [-0.39, 0.29) is 30.1 Å². The molecule has 0 spiro atoms. The number of carbonyl (C=O) groups is 1. The van der Waals surface area contributed by atoms with Crippen molar-refractivity contribution in [3.8, 4) is 5.75 Å². The fourth-order valence-electron chi connectivity index (χ4n) is 2.61. The third kappa shape index (κ3) is 5.05. The standard InChI is InChI=1S/C20H23BrFNO2/c1-12(2)15-6-5-7-16(13(3)4)20(15)23-19(24)11-25-18-9-8-14(21)10-17(18)22/h5-10,12-13H,11H2,1-4H3,(H,23,24). The average molecular weight is 408 g/mol. The number of ether oxygens (including phenoxy) is 1. The third-order valence-corrected chi connectivity index (χ3v) is 4.38. The molecule has 0 aliphatic carbocycles. The second-order valence-electron chi connectivity index (χ2n) is 6.53. The number of rotatable bonds is 6. The molecule has 1 amide bonds. The summed E-state index contributed by atoms with van der Waals surface area (Å²) >= 11 is 3.19. The van der Waals surface area contributed by atoms with Crippen LogP contribution >= 0.6 is 15.9 Å². The van der Waals surface area contributed by atoms with Crippen molar-refractivity contribution in [2.45, 2.75) is 39.5 Å². The van der Waals surface area contributed by atoms with Crippen molar-refractivity contribution in [3.05, 3.63) is 57.8 Å². The van der Waals surface area contributed by atoms with Crippen molar-refractivity contribution < 1.29 is 13.9 Å². The van der Waals surface area contributed by atoms with Crippen LogP contribution in [0.3, 0.4) is 0 Å². The van der Waals surface area contributed by atoms with Crippen LogP contribution in [0.25, 0.3) is 0 Å². The number of hydrogen-bond acceptors (Lipinski definition) is 2. The van der Waals surface area contributed by atoms with Gasteiger partial charge in [0.15, 0.2) is 18.2 Å². The normalized spacial score (nSPS) is 11.0. The lowest BCUT2D eigenvalue weighted by atomic mass is 9.92. The lowest BCUT2D eigenvalue weighted by Crippen LogP contribution is -2.22. The Hall–Kier alpha value is -1.88. The highest BCUT2D eigenvalue weighted by Crippen LogP contribution is 2.32. The maximum atomic E-state index is 13.8. The molecule has 0 aromatic heterocycles. The summed E-state index contributed by atoms with van der Waals surface area (Å²) in [6.07, 6.45) is 0. The quantitative estimate of drug-likeness (QED) is 0.651. The first-order valence-electron chi connectivity index (χ1n) is 8.30. The van der Waals surface area contributed by atoms with Crippen LogP contribution in [0.5, 0.6) is 5.75 Å². The van der Waals surface area contributed by atoms with Gasteiger partial charge in [-0.2, -0.15) is 0 Å². The first-order chi connectivity index (χ1) is 11.8. The number of anilines is 1. The van der Waals surface area contributed by atoms with E-state index in [1.54, 1.807) is 6.07 Å². The zero-order valence-corrected chi connectivity index (χ0v) is 16.5. The summed E-state index contributed by atoms with van der Waals surface area (Å²) in [5.74, 6) is -0.206. The molecule has 25 heavy (non-hydrogen) atoms. The Balaban J connectivity index is 2.14. The van der Waals surface area contributed by atoms with Crippen molar-refractivity contribution in [2.75, 3.05) is 11.9 Å². The molecule has 5 heteroatoms. The van der Waals surface area contributed by atoms with Gasteiger partial charge in [0.05, 0.1) is 0 Å². The minimum atomic E-state index is -0.507. The Labute approximate surface area is 156 Å². The molecule has 2 aromatic rings. The number of benzene rings is 2. The highest BCUT2D eigenvalue weighted by atomic mass is 79.9. The van der Waals surface area contributed by atoms with E-state index in [1.807, 2.05) is 18.2 Å². The van der Waals surface area contributed by atoms with Crippen LogP contribution in [0.2, 0.25) is 0 Å². The molecule has 0 heterocycles. The minimum absolute atomic E-state index is 0.0552. The van der Waals surface area contributed by atoms with E-state index in [4.69, 9.17) is 4.74 Å². The minimum Gasteiger partial charge on any atom is -0.481 e. The summed E-state index contributed by atoms with van der Waals surface area (Å²) in [7, 11) is 0. The first kappa shape index (κ1) is 19.4. The van der Waals surface area contributed by atoms with Crippen molar-refractivity contribution in [2.24, 2.45) is 0 Å². The summed E-state index contributed by atoms with van der Waals surface area (Å²) in [4.78, 5) is 12.3. The largest absolute Gasteiger partial charge is 0.481 e. The van der Waals surface area contributed by atoms with Gasteiger partial charge in [0, 0.05) is 10.2 Å². The molecule has 0 saturated heterocycles. The Kier molecular flexibility index (Phi) is 6.59. The number of halogens is 2. The Morgan fingerprint density at radius 3 is 2.24 bits per heavy atom. The monoisotopic (exact) mass is 407 g/mol. The Morgan fingerprint density at radius 1 is 1.12 bits per heavy atom. The van der Waals surface area contributed by atoms with Crippen molar-refractivity contribution >= 4 is 27.5 Å². The second-order valence-corrected chi connectivity index (χ2v) is 7.45. The number of hydrogen-bond donors (Lipinski definition) is 1. The molecular weight excluding hydrogens is 385 g/mol. The molecule has 0 fully saturated rings. The summed E-state index contributed by atoms with van der Waals surface area (Å²) in [5.41, 5.74) is 2.99. The molecule has 0 unspecified atom stereocenters. The smallest absolute Gasteiger partial charge is 0.262 e. The van der Waals surface area contributed by atoms with Crippen LogP contribution in [-0.2, 0) is 4.79 Å². The number of amides is 1. The van der Waals surface area contributed by atoms with Crippen molar-refractivity contribution in [1.29, 1.82) is 0 Å². The molecule has 0 aliphatic heterocycles. The van der Waals surface area contributed by atoms with Gasteiger partial charge in [-0.3, -0.25) is 4.79 Å². The molecule has 1 N–H and O–H groups in total. The van der Waals surface area contributed by atoms with E-state index in [9.17, 15) is 9.18 Å². The average Bonchev–Trinajstić information content (AvgIpc) is 2.53. The van der Waals surface area contributed by atoms with E-state index >= 15 is 0 Å². The maximum absolute atomic E-state index is 13.8. The fraction of sp³-hybridized carbons (Fsp3) is 0.350. The van der Waals surface area contributed by atoms with Gasteiger partial charge in [0.25, 0.3) is 5.91 Å². The second kappa shape index (κ2) is 8.48. The number of para-hydroxylation sites is 1. The molecule has 0 bridgehead atoms. The van der Waals surface area contributed by atoms with Crippen LogP contribution in [0.4, 0.5) is 10.1 Å². The molecule has 0 atom stereocenters. The van der Waals surface area contributed by atoms with Crippen molar-refractivity contribution in [3.63, 3.8) is 0 Å². The molecule has 3 nitrogen and oxygen atoms in total. The van der Waals surface area contributed by atoms with Crippen LogP contribution in [-0.4, -0.2) is 12.5 Å². The highest BCUT2D eigenvalue weighted by molar-refractivity contribution is 9.10. The predicted molar refractivity (Wildman–Crippen MR) is 103 cm³/mol. The van der Waals surface area contributed by atoms with Gasteiger partial charge in [-0.1, -0.05) is 61.8 Å². The zero-order valence-electron chi connectivity index (χ0n) is 14.9. The van der Waals surface area contributed by atoms with Gasteiger partial charge in [-0.15, -0.1) is 0 Å². The Bertz CT molecular complexity index is 733. The molecule has 0 saturated carbocycles. The summed E-state index contributed by atoms with van der Waals surface area (Å²) in [6, 6.07) is 10.5. The van der Waals surface area contributed by atoms with Gasteiger partial charge < -0.3 is 10.1 Å². The van der Waals surface area contributed by atoms with E-state index < -0.39 is 5.82 Å². The first-order valence-corrected chi connectivity index (χ1v) is 9.09. The third-order valence-electron chi connectivity index (χ3n) is 3.89. The fourth-order valence-corrected chi connectivity index (χ4v) is 2.94. The molecular formula is C20H23BrFNO2. The van der Waals surface area contributed by atoms with Gasteiger partial charge in [0.1, 0.15) is 0 Å². The van der Waals surface area contributed by atoms with Crippen LogP contribution in [0.15, 0.2) is 40.9 Å². The maximum Gasteiger partial charge on any atom is 0.262 e. The van der Waals surface area contributed by atoms with Gasteiger partial charge in [0.2, 0.25) is 0 Å². The summed E-state index contributed by atoms with van der Waals surface area (Å²) in [5, 5.41) is 2.95. The van der Waals surface area contributed by atoms with Gasteiger partial charge in [-0.25, -0.2) is 4.39 Å². The van der Waals surface area contributed by atoms with E-state index in [1.165, 1.54) is 12.1 Å². The van der Waals surface area contributed by atoms with Gasteiger partial charge >= 0.3 is 0 Å². The predicted octanol–water partition coefficient (Wildman–Crippen LogP) is 5.85. The van der Waals surface area contributed by atoms with Crippen LogP contribution in [0, 0.1) is 5.82 Å². The van der Waals surface area contributed by atoms with E-state index in [0.29, 0.717) is 4.47 Å². The highest BCUT2D eigenvalue weighted by Gasteiger charge is 2.16. The van der Waals surface area contributed by atoms with Gasteiger partial charge in [-0.05, 0) is 41.2 Å². The molecule has 2 rings (SSSR count). The van der Waals surface area contributed by atoms with E-state index in [2.05, 4.69) is 48.9 Å². The zero-order chi connectivity index (χ0) is 18.6. The molecule has 134 valence electrons. The van der Waals surface area contributed by atoms with Crippen molar-refractivity contribution in [1.82, 2.24) is 0 Å². The topological polar surface area (TPSA) is 38.3 Å². The summed E-state index contributed by atoms with van der Waals surface area (Å²) in [6.45, 7) is 8.10. The Morgan fingerprint density at radius 2 is 1.72 bits per heavy atom.